The molecule has 0 aliphatic rings. The topological polar surface area (TPSA) is 30.5 Å². The Morgan fingerprint density at radius 1 is 1.21 bits per heavy atom. The summed E-state index contributed by atoms with van der Waals surface area (Å²) >= 11 is 12.2. The maximum absolute atomic E-state index is 6.18. The highest BCUT2D eigenvalue weighted by Crippen LogP contribution is 2.32. The molecule has 1 aromatic rings. The van der Waals surface area contributed by atoms with Gasteiger partial charge in [0.05, 0.1) is 11.6 Å². The molecule has 1 rings (SSSR count). The van der Waals surface area contributed by atoms with Crippen LogP contribution in [0, 0.1) is 0 Å². The summed E-state index contributed by atoms with van der Waals surface area (Å²) < 4.78 is 10.7. The molecule has 108 valence electrons. The highest BCUT2D eigenvalue weighted by Gasteiger charge is 2.10. The smallest absolute Gasteiger partial charge is 0.142 e. The van der Waals surface area contributed by atoms with E-state index in [2.05, 4.69) is 12.2 Å². The molecule has 0 fully saturated rings. The van der Waals surface area contributed by atoms with Crippen LogP contribution in [0.5, 0.6) is 5.75 Å². The van der Waals surface area contributed by atoms with E-state index in [1.807, 2.05) is 6.07 Å². The second kappa shape index (κ2) is 9.43. The monoisotopic (exact) mass is 305 g/mol. The fourth-order valence-electron chi connectivity index (χ4n) is 1.68. The molecular weight excluding hydrogens is 285 g/mol. The van der Waals surface area contributed by atoms with Crippen molar-refractivity contribution < 1.29 is 9.47 Å². The Morgan fingerprint density at radius 2 is 2.00 bits per heavy atom. The molecule has 0 radical (unpaired) electrons. The quantitative estimate of drug-likeness (QED) is 0.702. The molecule has 1 N–H and O–H groups in total. The molecule has 0 spiro atoms. The Labute approximate surface area is 125 Å². The van der Waals surface area contributed by atoms with Gasteiger partial charge in [-0.05, 0) is 31.5 Å². The molecule has 19 heavy (non-hydrogen) atoms. The maximum Gasteiger partial charge on any atom is 0.142 e. The number of methoxy groups -OCH3 is 1. The third kappa shape index (κ3) is 6.00. The van der Waals surface area contributed by atoms with E-state index in [0.29, 0.717) is 23.2 Å². The van der Waals surface area contributed by atoms with Crippen LogP contribution in [0.25, 0.3) is 0 Å². The summed E-state index contributed by atoms with van der Waals surface area (Å²) in [5.41, 5.74) is 0.989. The fraction of sp³-hybridized carbons (Fsp3) is 0.571. The molecule has 1 aromatic carbocycles. The molecule has 0 aromatic heterocycles. The van der Waals surface area contributed by atoms with Crippen LogP contribution in [0.3, 0.4) is 0 Å². The van der Waals surface area contributed by atoms with Crippen LogP contribution < -0.4 is 10.1 Å². The van der Waals surface area contributed by atoms with Crippen molar-refractivity contribution in [3.63, 3.8) is 0 Å². The Hall–Kier alpha value is -0.480. The first-order valence-corrected chi connectivity index (χ1v) is 7.25. The minimum absolute atomic E-state index is 0.564. The zero-order chi connectivity index (χ0) is 14.1. The lowest BCUT2D eigenvalue weighted by Crippen LogP contribution is -2.17. The lowest BCUT2D eigenvalue weighted by Gasteiger charge is -2.14. The Morgan fingerprint density at radius 3 is 2.68 bits per heavy atom. The minimum Gasteiger partial charge on any atom is -0.492 e. The van der Waals surface area contributed by atoms with Gasteiger partial charge in [-0.1, -0.05) is 30.1 Å². The van der Waals surface area contributed by atoms with Gasteiger partial charge in [0.25, 0.3) is 0 Å². The van der Waals surface area contributed by atoms with Gasteiger partial charge in [0.2, 0.25) is 0 Å². The number of halogens is 2. The summed E-state index contributed by atoms with van der Waals surface area (Å²) in [5.74, 6) is 0.729. The second-order valence-electron chi connectivity index (χ2n) is 4.25. The molecule has 0 amide bonds. The average molecular weight is 306 g/mol. The predicted molar refractivity (Wildman–Crippen MR) is 80.4 cm³/mol. The number of hydrogen-bond acceptors (Lipinski definition) is 3. The Bertz CT molecular complexity index is 386. The second-order valence-corrected chi connectivity index (χ2v) is 5.09. The SMILES string of the molecule is CCCOc1c(Cl)cc(Cl)cc1CNCCCOC. The Kier molecular flexibility index (Phi) is 8.22. The van der Waals surface area contributed by atoms with Gasteiger partial charge in [0.1, 0.15) is 5.75 Å². The first-order chi connectivity index (χ1) is 9.19. The fourth-order valence-corrected chi connectivity index (χ4v) is 2.27. The molecule has 0 aliphatic heterocycles. The van der Waals surface area contributed by atoms with Crippen LogP contribution in [0.1, 0.15) is 25.3 Å². The molecule has 0 atom stereocenters. The molecule has 0 aliphatic carbocycles. The Balaban J connectivity index is 2.62. The predicted octanol–water partition coefficient (Wildman–Crippen LogP) is 3.91. The van der Waals surface area contributed by atoms with Gasteiger partial charge in [0, 0.05) is 30.8 Å². The van der Waals surface area contributed by atoms with E-state index >= 15 is 0 Å². The first-order valence-electron chi connectivity index (χ1n) is 6.49. The summed E-state index contributed by atoms with van der Waals surface area (Å²) in [7, 11) is 1.70. The van der Waals surface area contributed by atoms with Gasteiger partial charge in [0.15, 0.2) is 0 Å². The van der Waals surface area contributed by atoms with Crippen LogP contribution in [0.15, 0.2) is 12.1 Å². The van der Waals surface area contributed by atoms with Gasteiger partial charge in [-0.15, -0.1) is 0 Å². The molecule has 3 nitrogen and oxygen atoms in total. The third-order valence-electron chi connectivity index (χ3n) is 2.55. The van der Waals surface area contributed by atoms with Crippen LogP contribution in [-0.4, -0.2) is 26.9 Å². The van der Waals surface area contributed by atoms with Crippen LogP contribution in [0.4, 0.5) is 0 Å². The van der Waals surface area contributed by atoms with E-state index in [0.717, 1.165) is 37.3 Å². The standard InChI is InChI=1S/C14H21Cl2NO2/c1-3-6-19-14-11(8-12(15)9-13(14)16)10-17-5-4-7-18-2/h8-9,17H,3-7,10H2,1-2H3. The van der Waals surface area contributed by atoms with Crippen molar-refractivity contribution in [2.24, 2.45) is 0 Å². The van der Waals surface area contributed by atoms with Gasteiger partial charge in [-0.3, -0.25) is 0 Å². The molecular formula is C14H21Cl2NO2. The van der Waals surface area contributed by atoms with Crippen molar-refractivity contribution in [2.45, 2.75) is 26.3 Å². The molecule has 0 heterocycles. The van der Waals surface area contributed by atoms with E-state index in [-0.39, 0.29) is 0 Å². The average Bonchev–Trinajstić information content (AvgIpc) is 2.37. The summed E-state index contributed by atoms with van der Waals surface area (Å²) in [6, 6.07) is 3.60. The van der Waals surface area contributed by atoms with Gasteiger partial charge in [-0.25, -0.2) is 0 Å². The van der Waals surface area contributed by atoms with Gasteiger partial charge >= 0.3 is 0 Å². The van der Waals surface area contributed by atoms with Crippen molar-refractivity contribution in [3.8, 4) is 5.75 Å². The van der Waals surface area contributed by atoms with Gasteiger partial charge in [-0.2, -0.15) is 0 Å². The van der Waals surface area contributed by atoms with Crippen LogP contribution >= 0.6 is 23.2 Å². The number of hydrogen-bond donors (Lipinski definition) is 1. The first kappa shape index (κ1) is 16.6. The van der Waals surface area contributed by atoms with E-state index in [1.165, 1.54) is 0 Å². The summed E-state index contributed by atoms with van der Waals surface area (Å²) in [6.07, 6.45) is 1.91. The molecule has 0 bridgehead atoms. The van der Waals surface area contributed by atoms with Gasteiger partial charge < -0.3 is 14.8 Å². The molecule has 0 saturated carbocycles. The minimum atomic E-state index is 0.564. The highest BCUT2D eigenvalue weighted by atomic mass is 35.5. The number of nitrogens with one attached hydrogen (secondary N) is 1. The van der Waals surface area contributed by atoms with Crippen molar-refractivity contribution in [3.05, 3.63) is 27.7 Å². The third-order valence-corrected chi connectivity index (χ3v) is 3.05. The zero-order valence-electron chi connectivity index (χ0n) is 11.5. The van der Waals surface area contributed by atoms with Crippen LogP contribution in [-0.2, 0) is 11.3 Å². The van der Waals surface area contributed by atoms with E-state index in [1.54, 1.807) is 13.2 Å². The maximum atomic E-state index is 6.18. The lowest BCUT2D eigenvalue weighted by atomic mass is 10.2. The van der Waals surface area contributed by atoms with Crippen molar-refractivity contribution in [1.29, 1.82) is 0 Å². The van der Waals surface area contributed by atoms with E-state index < -0.39 is 0 Å². The number of benzene rings is 1. The summed E-state index contributed by atoms with van der Waals surface area (Å²) in [6.45, 7) is 5.03. The lowest BCUT2D eigenvalue weighted by molar-refractivity contribution is 0.194. The zero-order valence-corrected chi connectivity index (χ0v) is 13.0. The van der Waals surface area contributed by atoms with Crippen LogP contribution in [0.2, 0.25) is 10.0 Å². The van der Waals surface area contributed by atoms with E-state index in [9.17, 15) is 0 Å². The van der Waals surface area contributed by atoms with Crippen molar-refractivity contribution in [2.75, 3.05) is 26.9 Å². The molecule has 0 saturated heterocycles. The number of rotatable bonds is 9. The normalized spacial score (nSPS) is 10.7. The van der Waals surface area contributed by atoms with E-state index in [4.69, 9.17) is 32.7 Å². The molecule has 5 heteroatoms. The van der Waals surface area contributed by atoms with Crippen molar-refractivity contribution in [1.82, 2.24) is 5.32 Å². The highest BCUT2D eigenvalue weighted by molar-refractivity contribution is 6.35. The number of ether oxygens (including phenoxy) is 2. The molecule has 0 unspecified atom stereocenters. The summed E-state index contributed by atoms with van der Waals surface area (Å²) in [4.78, 5) is 0. The van der Waals surface area contributed by atoms with Crippen molar-refractivity contribution >= 4 is 23.2 Å². The summed E-state index contributed by atoms with van der Waals surface area (Å²) in [5, 5.41) is 4.52. The largest absolute Gasteiger partial charge is 0.492 e.